The molecule has 0 spiro atoms. The number of halogens is 1. The first-order chi connectivity index (χ1) is 16.8. The van der Waals surface area contributed by atoms with Crippen LogP contribution in [0.2, 0.25) is 5.02 Å². The van der Waals surface area contributed by atoms with Crippen LogP contribution in [0.25, 0.3) is 0 Å². The Kier molecular flexibility index (Phi) is 9.50. The van der Waals surface area contributed by atoms with Crippen molar-refractivity contribution in [1.29, 1.82) is 0 Å². The van der Waals surface area contributed by atoms with Gasteiger partial charge in [-0.25, -0.2) is 0 Å². The van der Waals surface area contributed by atoms with E-state index in [9.17, 15) is 9.59 Å². The fourth-order valence-corrected chi connectivity index (χ4v) is 4.10. The lowest BCUT2D eigenvalue weighted by molar-refractivity contribution is -0.141. The van der Waals surface area contributed by atoms with Gasteiger partial charge in [0.1, 0.15) is 6.04 Å². The van der Waals surface area contributed by atoms with Crippen LogP contribution in [0.15, 0.2) is 72.8 Å². The van der Waals surface area contributed by atoms with Crippen LogP contribution in [-0.4, -0.2) is 28.8 Å². The molecular formula is C30H35ClN2O2. The maximum atomic E-state index is 13.8. The molecule has 0 aliphatic heterocycles. The van der Waals surface area contributed by atoms with Gasteiger partial charge in [0.05, 0.1) is 6.42 Å². The van der Waals surface area contributed by atoms with Crippen molar-refractivity contribution >= 4 is 23.4 Å². The maximum Gasteiger partial charge on any atom is 0.243 e. The number of carbonyl (C=O) groups is 2. The zero-order valence-corrected chi connectivity index (χ0v) is 21.8. The Labute approximate surface area is 214 Å². The highest BCUT2D eigenvalue weighted by Crippen LogP contribution is 2.19. The number of carbonyl (C=O) groups excluding carboxylic acids is 2. The maximum absolute atomic E-state index is 13.8. The van der Waals surface area contributed by atoms with Crippen molar-refractivity contribution in [2.24, 2.45) is 0 Å². The van der Waals surface area contributed by atoms with Gasteiger partial charge >= 0.3 is 0 Å². The number of rotatable bonds is 10. The van der Waals surface area contributed by atoms with Crippen molar-refractivity contribution in [1.82, 2.24) is 10.2 Å². The summed E-state index contributed by atoms with van der Waals surface area (Å²) in [6.45, 7) is 8.45. The van der Waals surface area contributed by atoms with Crippen LogP contribution in [0, 0.1) is 13.8 Å². The van der Waals surface area contributed by atoms with Crippen molar-refractivity contribution in [3.63, 3.8) is 0 Å². The van der Waals surface area contributed by atoms with E-state index in [1.165, 1.54) is 5.56 Å². The van der Waals surface area contributed by atoms with Crippen LogP contribution in [0.3, 0.4) is 0 Å². The standard InChI is InChI=1S/C30H35ClN2O2/c1-5-23(4)32-30(35)28(18-24-9-7-6-8-10-24)33(20-25-13-15-27(31)16-14-25)29(34)19-26-12-11-21(2)22(3)17-26/h6-17,23,28H,5,18-20H2,1-4H3,(H,32,35)/t23-,28+/m0/s1. The number of nitrogens with one attached hydrogen (secondary N) is 1. The van der Waals surface area contributed by atoms with Gasteiger partial charge in [-0.15, -0.1) is 0 Å². The molecule has 3 aromatic rings. The second-order valence-electron chi connectivity index (χ2n) is 9.27. The average molecular weight is 491 g/mol. The van der Waals surface area contributed by atoms with Gasteiger partial charge in [0.2, 0.25) is 11.8 Å². The zero-order chi connectivity index (χ0) is 25.4. The third-order valence-electron chi connectivity index (χ3n) is 6.46. The molecule has 0 aliphatic rings. The van der Waals surface area contributed by atoms with E-state index >= 15 is 0 Å². The molecule has 4 nitrogen and oxygen atoms in total. The summed E-state index contributed by atoms with van der Waals surface area (Å²) in [6, 6.07) is 22.8. The van der Waals surface area contributed by atoms with Gasteiger partial charge in [0.25, 0.3) is 0 Å². The summed E-state index contributed by atoms with van der Waals surface area (Å²) in [5.74, 6) is -0.214. The predicted molar refractivity (Wildman–Crippen MR) is 143 cm³/mol. The van der Waals surface area contributed by atoms with Gasteiger partial charge in [-0.05, 0) is 67.1 Å². The highest BCUT2D eigenvalue weighted by Gasteiger charge is 2.31. The number of benzene rings is 3. The molecule has 0 heterocycles. The number of hydrogen-bond donors (Lipinski definition) is 1. The molecule has 35 heavy (non-hydrogen) atoms. The fourth-order valence-electron chi connectivity index (χ4n) is 3.97. The Morgan fingerprint density at radius 1 is 0.886 bits per heavy atom. The summed E-state index contributed by atoms with van der Waals surface area (Å²) in [7, 11) is 0. The van der Waals surface area contributed by atoms with E-state index in [1.807, 2.05) is 87.5 Å². The Hall–Kier alpha value is -3.11. The molecule has 3 rings (SSSR count). The van der Waals surface area contributed by atoms with Gasteiger partial charge in [0.15, 0.2) is 0 Å². The highest BCUT2D eigenvalue weighted by molar-refractivity contribution is 6.30. The number of nitrogens with zero attached hydrogens (tertiary/aromatic N) is 1. The molecule has 2 atom stereocenters. The Balaban J connectivity index is 1.97. The number of hydrogen-bond acceptors (Lipinski definition) is 2. The fraction of sp³-hybridized carbons (Fsp3) is 0.333. The molecule has 0 aromatic heterocycles. The molecule has 1 N–H and O–H groups in total. The first-order valence-corrected chi connectivity index (χ1v) is 12.6. The van der Waals surface area contributed by atoms with E-state index < -0.39 is 6.04 Å². The van der Waals surface area contributed by atoms with Gasteiger partial charge in [-0.1, -0.05) is 79.2 Å². The highest BCUT2D eigenvalue weighted by atomic mass is 35.5. The van der Waals surface area contributed by atoms with Gasteiger partial charge in [0, 0.05) is 24.0 Å². The normalized spacial score (nSPS) is 12.6. The monoisotopic (exact) mass is 490 g/mol. The largest absolute Gasteiger partial charge is 0.352 e. The van der Waals surface area contributed by atoms with E-state index in [-0.39, 0.29) is 24.3 Å². The topological polar surface area (TPSA) is 49.4 Å². The van der Waals surface area contributed by atoms with Crippen LogP contribution in [0.1, 0.15) is 48.1 Å². The van der Waals surface area contributed by atoms with Gasteiger partial charge in [-0.3, -0.25) is 9.59 Å². The molecule has 0 saturated carbocycles. The summed E-state index contributed by atoms with van der Waals surface area (Å²) in [5.41, 5.74) is 5.22. The minimum absolute atomic E-state index is 0.0213. The van der Waals surface area contributed by atoms with Gasteiger partial charge in [-0.2, -0.15) is 0 Å². The number of aryl methyl sites for hydroxylation is 2. The van der Waals surface area contributed by atoms with Crippen molar-refractivity contribution in [2.75, 3.05) is 0 Å². The minimum Gasteiger partial charge on any atom is -0.352 e. The average Bonchev–Trinajstić information content (AvgIpc) is 2.85. The molecule has 184 valence electrons. The second-order valence-corrected chi connectivity index (χ2v) is 9.70. The van der Waals surface area contributed by atoms with Crippen molar-refractivity contribution in [3.05, 3.63) is 106 Å². The lowest BCUT2D eigenvalue weighted by Gasteiger charge is -2.32. The van der Waals surface area contributed by atoms with E-state index in [0.717, 1.165) is 28.7 Å². The molecule has 5 heteroatoms. The third kappa shape index (κ3) is 7.69. The van der Waals surface area contributed by atoms with Crippen molar-refractivity contribution in [3.8, 4) is 0 Å². The smallest absolute Gasteiger partial charge is 0.243 e. The summed E-state index contributed by atoms with van der Waals surface area (Å²) >= 11 is 6.09. The molecular weight excluding hydrogens is 456 g/mol. The predicted octanol–water partition coefficient (Wildman–Crippen LogP) is 6.05. The SMILES string of the molecule is CC[C@H](C)NC(=O)[C@@H](Cc1ccccc1)N(Cc1ccc(Cl)cc1)C(=O)Cc1ccc(C)c(C)c1. The van der Waals surface area contributed by atoms with E-state index in [2.05, 4.69) is 18.3 Å². The second kappa shape index (κ2) is 12.6. The third-order valence-corrected chi connectivity index (χ3v) is 6.72. The first-order valence-electron chi connectivity index (χ1n) is 12.2. The molecule has 0 radical (unpaired) electrons. The molecule has 0 unspecified atom stereocenters. The molecule has 0 bridgehead atoms. The quantitative estimate of drug-likeness (QED) is 0.376. The first kappa shape index (κ1) is 26.5. The lowest BCUT2D eigenvalue weighted by Crippen LogP contribution is -2.52. The summed E-state index contributed by atoms with van der Waals surface area (Å²) in [4.78, 5) is 29.0. The van der Waals surface area contributed by atoms with E-state index in [0.29, 0.717) is 18.0 Å². The van der Waals surface area contributed by atoms with Crippen molar-refractivity contribution in [2.45, 2.75) is 65.6 Å². The zero-order valence-electron chi connectivity index (χ0n) is 21.1. The molecule has 0 saturated heterocycles. The van der Waals surface area contributed by atoms with Crippen LogP contribution in [0.4, 0.5) is 0 Å². The van der Waals surface area contributed by atoms with Crippen molar-refractivity contribution < 1.29 is 9.59 Å². The van der Waals surface area contributed by atoms with Gasteiger partial charge < -0.3 is 10.2 Å². The van der Waals surface area contributed by atoms with Crippen LogP contribution >= 0.6 is 11.6 Å². The Morgan fingerprint density at radius 3 is 2.17 bits per heavy atom. The molecule has 2 amide bonds. The van der Waals surface area contributed by atoms with Crippen LogP contribution in [0.5, 0.6) is 0 Å². The molecule has 3 aromatic carbocycles. The van der Waals surface area contributed by atoms with Crippen LogP contribution < -0.4 is 5.32 Å². The lowest BCUT2D eigenvalue weighted by atomic mass is 10.00. The number of amides is 2. The summed E-state index contributed by atoms with van der Waals surface area (Å²) < 4.78 is 0. The van der Waals surface area contributed by atoms with Crippen LogP contribution in [-0.2, 0) is 29.0 Å². The molecule has 0 fully saturated rings. The minimum atomic E-state index is -0.638. The van der Waals surface area contributed by atoms with E-state index in [1.54, 1.807) is 4.90 Å². The Bertz CT molecular complexity index is 1130. The Morgan fingerprint density at radius 2 is 1.54 bits per heavy atom. The van der Waals surface area contributed by atoms with E-state index in [4.69, 9.17) is 11.6 Å². The molecule has 0 aliphatic carbocycles. The summed E-state index contributed by atoms with van der Waals surface area (Å²) in [6.07, 6.45) is 1.49. The summed E-state index contributed by atoms with van der Waals surface area (Å²) in [5, 5.41) is 3.74.